The van der Waals surface area contributed by atoms with Gasteiger partial charge in [-0.15, -0.1) is 0 Å². The Balaban J connectivity index is 1.91. The standard InChI is InChI=1S/C20H18BrFN2O2/c1-11-7-12(2)19(21)17(8-11)24-20(26)16-10-23-18(25)9-15(16)13-3-5-14(22)6-4-13/h3-8,10,15H,9H2,1-2H3,(H,23,25)(H,24,26). The van der Waals surface area contributed by atoms with Gasteiger partial charge in [-0.25, -0.2) is 4.39 Å². The first-order chi connectivity index (χ1) is 12.3. The lowest BCUT2D eigenvalue weighted by Crippen LogP contribution is -2.32. The number of nitrogens with one attached hydrogen (secondary N) is 2. The molecule has 1 aliphatic heterocycles. The highest BCUT2D eigenvalue weighted by Crippen LogP contribution is 2.33. The molecule has 2 aromatic rings. The third-order valence-corrected chi connectivity index (χ3v) is 5.39. The van der Waals surface area contributed by atoms with Crippen LogP contribution in [0, 0.1) is 19.7 Å². The molecule has 4 nitrogen and oxygen atoms in total. The summed E-state index contributed by atoms with van der Waals surface area (Å²) in [5.41, 5.74) is 3.87. The minimum absolute atomic E-state index is 0.138. The molecule has 0 bridgehead atoms. The quantitative estimate of drug-likeness (QED) is 0.781. The summed E-state index contributed by atoms with van der Waals surface area (Å²) in [6.45, 7) is 3.91. The molecule has 1 aliphatic rings. The molecule has 26 heavy (non-hydrogen) atoms. The number of hydrogen-bond donors (Lipinski definition) is 2. The van der Waals surface area contributed by atoms with E-state index >= 15 is 0 Å². The molecule has 6 heteroatoms. The van der Waals surface area contributed by atoms with E-state index in [1.54, 1.807) is 12.1 Å². The van der Waals surface area contributed by atoms with Gasteiger partial charge in [0.1, 0.15) is 5.82 Å². The van der Waals surface area contributed by atoms with Gasteiger partial charge in [0.25, 0.3) is 5.91 Å². The van der Waals surface area contributed by atoms with E-state index in [2.05, 4.69) is 26.6 Å². The van der Waals surface area contributed by atoms with E-state index in [4.69, 9.17) is 0 Å². The van der Waals surface area contributed by atoms with Crippen LogP contribution in [0.5, 0.6) is 0 Å². The SMILES string of the molecule is Cc1cc(C)c(Br)c(NC(=O)C2=CNC(=O)CC2c2ccc(F)cc2)c1. The van der Waals surface area contributed by atoms with Crippen molar-refractivity contribution in [1.82, 2.24) is 5.32 Å². The molecule has 0 saturated carbocycles. The molecule has 1 atom stereocenters. The molecule has 1 heterocycles. The molecular formula is C20H18BrFN2O2. The fraction of sp³-hybridized carbons (Fsp3) is 0.200. The number of amides is 2. The highest BCUT2D eigenvalue weighted by atomic mass is 79.9. The Bertz CT molecular complexity index is 907. The van der Waals surface area contributed by atoms with E-state index in [-0.39, 0.29) is 24.1 Å². The van der Waals surface area contributed by atoms with Crippen LogP contribution in [0.3, 0.4) is 0 Å². The lowest BCUT2D eigenvalue weighted by molar-refractivity contribution is -0.121. The van der Waals surface area contributed by atoms with Crippen LogP contribution in [0.15, 0.2) is 52.6 Å². The zero-order valence-corrected chi connectivity index (χ0v) is 16.0. The first-order valence-corrected chi connectivity index (χ1v) is 8.97. The van der Waals surface area contributed by atoms with Gasteiger partial charge in [-0.2, -0.15) is 0 Å². The second kappa shape index (κ2) is 7.41. The fourth-order valence-corrected chi connectivity index (χ4v) is 3.39. The van der Waals surface area contributed by atoms with Crippen LogP contribution < -0.4 is 10.6 Å². The Morgan fingerprint density at radius 3 is 2.62 bits per heavy atom. The number of halogens is 2. The van der Waals surface area contributed by atoms with Crippen molar-refractivity contribution in [3.63, 3.8) is 0 Å². The summed E-state index contributed by atoms with van der Waals surface area (Å²) in [5, 5.41) is 5.51. The van der Waals surface area contributed by atoms with Gasteiger partial charge in [0, 0.05) is 28.6 Å². The van der Waals surface area contributed by atoms with E-state index < -0.39 is 5.92 Å². The van der Waals surface area contributed by atoms with Crippen molar-refractivity contribution < 1.29 is 14.0 Å². The molecular weight excluding hydrogens is 399 g/mol. The lowest BCUT2D eigenvalue weighted by atomic mass is 9.86. The van der Waals surface area contributed by atoms with Crippen LogP contribution in [-0.4, -0.2) is 11.8 Å². The van der Waals surface area contributed by atoms with E-state index in [0.717, 1.165) is 21.2 Å². The number of hydrogen-bond acceptors (Lipinski definition) is 2. The molecule has 0 saturated heterocycles. The number of aryl methyl sites for hydroxylation is 2. The predicted molar refractivity (Wildman–Crippen MR) is 102 cm³/mol. The first-order valence-electron chi connectivity index (χ1n) is 8.18. The van der Waals surface area contributed by atoms with Crippen molar-refractivity contribution in [3.05, 3.63) is 75.2 Å². The predicted octanol–water partition coefficient (Wildman–Crippen LogP) is 4.33. The second-order valence-electron chi connectivity index (χ2n) is 6.37. The summed E-state index contributed by atoms with van der Waals surface area (Å²) in [6.07, 6.45) is 1.57. The van der Waals surface area contributed by atoms with Gasteiger partial charge in [-0.3, -0.25) is 9.59 Å². The molecule has 0 radical (unpaired) electrons. The van der Waals surface area contributed by atoms with E-state index in [1.165, 1.54) is 18.3 Å². The topological polar surface area (TPSA) is 58.2 Å². The number of carbonyl (C=O) groups is 2. The Kier molecular flexibility index (Phi) is 5.23. The highest BCUT2D eigenvalue weighted by Gasteiger charge is 2.29. The minimum Gasteiger partial charge on any atom is -0.332 e. The molecule has 0 aromatic heterocycles. The monoisotopic (exact) mass is 416 g/mol. The summed E-state index contributed by atoms with van der Waals surface area (Å²) < 4.78 is 14.0. The zero-order chi connectivity index (χ0) is 18.8. The lowest BCUT2D eigenvalue weighted by Gasteiger charge is -2.24. The number of rotatable bonds is 3. The van der Waals surface area contributed by atoms with Gasteiger partial charge < -0.3 is 10.6 Å². The fourth-order valence-electron chi connectivity index (χ4n) is 3.06. The van der Waals surface area contributed by atoms with Crippen LogP contribution in [-0.2, 0) is 9.59 Å². The van der Waals surface area contributed by atoms with Crippen LogP contribution in [0.4, 0.5) is 10.1 Å². The van der Waals surface area contributed by atoms with Crippen LogP contribution >= 0.6 is 15.9 Å². The summed E-state index contributed by atoms with van der Waals surface area (Å²) in [6, 6.07) is 9.76. The largest absolute Gasteiger partial charge is 0.332 e. The van der Waals surface area contributed by atoms with Crippen LogP contribution in [0.25, 0.3) is 0 Å². The summed E-state index contributed by atoms with van der Waals surface area (Å²) in [7, 11) is 0. The summed E-state index contributed by atoms with van der Waals surface area (Å²) in [5.74, 6) is -1.26. The molecule has 2 aromatic carbocycles. The number of benzene rings is 2. The Morgan fingerprint density at radius 2 is 1.92 bits per heavy atom. The van der Waals surface area contributed by atoms with Crippen molar-refractivity contribution in [3.8, 4) is 0 Å². The van der Waals surface area contributed by atoms with Gasteiger partial charge in [0.05, 0.1) is 5.69 Å². The Morgan fingerprint density at radius 1 is 1.23 bits per heavy atom. The van der Waals surface area contributed by atoms with Crippen molar-refractivity contribution in [1.29, 1.82) is 0 Å². The van der Waals surface area contributed by atoms with Crippen molar-refractivity contribution >= 4 is 33.4 Å². The molecule has 3 rings (SSSR count). The Hall–Kier alpha value is -2.47. The van der Waals surface area contributed by atoms with Gasteiger partial charge in [-0.1, -0.05) is 18.2 Å². The number of anilines is 1. The van der Waals surface area contributed by atoms with Gasteiger partial charge in [-0.05, 0) is 64.7 Å². The van der Waals surface area contributed by atoms with Crippen LogP contribution in [0.2, 0.25) is 0 Å². The number of carbonyl (C=O) groups excluding carboxylic acids is 2. The average molecular weight is 417 g/mol. The molecule has 1 unspecified atom stereocenters. The maximum atomic E-state index is 13.2. The molecule has 0 aliphatic carbocycles. The zero-order valence-electron chi connectivity index (χ0n) is 14.4. The minimum atomic E-state index is -0.422. The van der Waals surface area contributed by atoms with E-state index in [9.17, 15) is 14.0 Å². The highest BCUT2D eigenvalue weighted by molar-refractivity contribution is 9.10. The van der Waals surface area contributed by atoms with Gasteiger partial charge in [0.2, 0.25) is 5.91 Å². The Labute approximate surface area is 159 Å². The molecule has 0 fully saturated rings. The average Bonchev–Trinajstić information content (AvgIpc) is 2.59. The summed E-state index contributed by atoms with van der Waals surface area (Å²) >= 11 is 3.50. The normalized spacial score (nSPS) is 16.7. The van der Waals surface area contributed by atoms with Crippen molar-refractivity contribution in [2.75, 3.05) is 5.32 Å². The molecule has 2 amide bonds. The molecule has 134 valence electrons. The maximum Gasteiger partial charge on any atom is 0.253 e. The third-order valence-electron chi connectivity index (χ3n) is 4.34. The van der Waals surface area contributed by atoms with Gasteiger partial charge in [0.15, 0.2) is 0 Å². The van der Waals surface area contributed by atoms with Crippen molar-refractivity contribution in [2.24, 2.45) is 0 Å². The van der Waals surface area contributed by atoms with E-state index in [1.807, 2.05) is 26.0 Å². The third kappa shape index (κ3) is 3.85. The molecule has 2 N–H and O–H groups in total. The molecule has 0 spiro atoms. The van der Waals surface area contributed by atoms with E-state index in [0.29, 0.717) is 11.3 Å². The summed E-state index contributed by atoms with van der Waals surface area (Å²) in [4.78, 5) is 24.7. The second-order valence-corrected chi connectivity index (χ2v) is 7.17. The van der Waals surface area contributed by atoms with Gasteiger partial charge >= 0.3 is 0 Å². The van der Waals surface area contributed by atoms with Crippen molar-refractivity contribution in [2.45, 2.75) is 26.2 Å². The van der Waals surface area contributed by atoms with Crippen LogP contribution in [0.1, 0.15) is 29.0 Å². The maximum absolute atomic E-state index is 13.2. The smallest absolute Gasteiger partial charge is 0.253 e. The first kappa shape index (κ1) is 18.3.